The number of hydrogen-bond donors (Lipinski definition) is 3. The molecule has 128 valence electrons. The number of hydrogen-bond acceptors (Lipinski definition) is 4. The van der Waals surface area contributed by atoms with E-state index in [0.717, 1.165) is 25.7 Å². The highest BCUT2D eigenvalue weighted by atomic mass is 16.6. The van der Waals surface area contributed by atoms with Crippen molar-refractivity contribution < 1.29 is 24.5 Å². The fourth-order valence-corrected chi connectivity index (χ4v) is 2.91. The lowest BCUT2D eigenvalue weighted by Crippen LogP contribution is -2.41. The Bertz CT molecular complexity index is 371. The Labute approximate surface area is 132 Å². The first-order chi connectivity index (χ1) is 10.2. The Hall–Kier alpha value is -1.30. The molecule has 0 aromatic carbocycles. The summed E-state index contributed by atoms with van der Waals surface area (Å²) < 4.78 is 5.14. The number of nitrogens with one attached hydrogen (secondary N) is 1. The minimum Gasteiger partial charge on any atom is -0.479 e. The molecule has 0 aliphatic heterocycles. The lowest BCUT2D eigenvalue weighted by atomic mass is 9.81. The molecule has 1 saturated carbocycles. The van der Waals surface area contributed by atoms with E-state index in [9.17, 15) is 14.7 Å². The van der Waals surface area contributed by atoms with Crippen molar-refractivity contribution in [1.82, 2.24) is 5.32 Å². The van der Waals surface area contributed by atoms with E-state index in [4.69, 9.17) is 9.84 Å². The number of carboxylic acid groups (broad SMARTS) is 1. The Morgan fingerprint density at radius 3 is 2.32 bits per heavy atom. The third kappa shape index (κ3) is 7.11. The zero-order valence-electron chi connectivity index (χ0n) is 13.8. The van der Waals surface area contributed by atoms with Crippen LogP contribution in [0.2, 0.25) is 0 Å². The lowest BCUT2D eigenvalue weighted by Gasteiger charge is -2.28. The van der Waals surface area contributed by atoms with Gasteiger partial charge in [-0.25, -0.2) is 9.59 Å². The number of carbonyl (C=O) groups is 2. The fraction of sp³-hybridized carbons (Fsp3) is 0.875. The number of carboxylic acids is 1. The van der Waals surface area contributed by atoms with Gasteiger partial charge in [-0.15, -0.1) is 0 Å². The molecule has 22 heavy (non-hydrogen) atoms. The van der Waals surface area contributed by atoms with E-state index < -0.39 is 29.7 Å². The van der Waals surface area contributed by atoms with Crippen molar-refractivity contribution in [2.45, 2.75) is 71.0 Å². The van der Waals surface area contributed by atoms with Crippen LogP contribution in [-0.2, 0) is 9.53 Å². The monoisotopic (exact) mass is 315 g/mol. The van der Waals surface area contributed by atoms with Crippen molar-refractivity contribution in [3.05, 3.63) is 0 Å². The van der Waals surface area contributed by atoms with E-state index in [2.05, 4.69) is 5.32 Å². The molecule has 1 aliphatic rings. The van der Waals surface area contributed by atoms with E-state index in [-0.39, 0.29) is 6.54 Å². The van der Waals surface area contributed by atoms with Crippen LogP contribution >= 0.6 is 0 Å². The van der Waals surface area contributed by atoms with Gasteiger partial charge >= 0.3 is 12.1 Å². The van der Waals surface area contributed by atoms with Crippen LogP contribution in [0, 0.1) is 11.8 Å². The lowest BCUT2D eigenvalue weighted by molar-refractivity contribution is -0.150. The number of carbonyl (C=O) groups excluding carboxylic acids is 1. The molecular formula is C16H29NO5. The maximum absolute atomic E-state index is 11.7. The second-order valence-electron chi connectivity index (χ2n) is 7.17. The van der Waals surface area contributed by atoms with E-state index >= 15 is 0 Å². The molecule has 0 aromatic heterocycles. The molecule has 6 heteroatoms. The van der Waals surface area contributed by atoms with Gasteiger partial charge in [0.05, 0.1) is 0 Å². The van der Waals surface area contributed by atoms with Crippen LogP contribution in [0.25, 0.3) is 0 Å². The summed E-state index contributed by atoms with van der Waals surface area (Å²) in [5.74, 6) is -1.31. The van der Waals surface area contributed by atoms with Gasteiger partial charge in [-0.2, -0.15) is 0 Å². The minimum absolute atomic E-state index is 0.110. The van der Waals surface area contributed by atoms with E-state index in [1.54, 1.807) is 20.8 Å². The third-order valence-corrected chi connectivity index (χ3v) is 3.97. The average molecular weight is 315 g/mol. The normalized spacial score (nSPS) is 19.3. The van der Waals surface area contributed by atoms with Crippen LogP contribution in [-0.4, -0.2) is 40.5 Å². The summed E-state index contributed by atoms with van der Waals surface area (Å²) in [6.45, 7) is 5.40. The van der Waals surface area contributed by atoms with Crippen molar-refractivity contribution in [3.8, 4) is 0 Å². The number of alkyl carbamates (subject to hydrolysis) is 1. The van der Waals surface area contributed by atoms with Gasteiger partial charge in [-0.1, -0.05) is 32.1 Å². The number of aliphatic carboxylic acids is 1. The molecule has 1 rings (SSSR count). The summed E-state index contributed by atoms with van der Waals surface area (Å²) in [6, 6.07) is 0. The first-order valence-corrected chi connectivity index (χ1v) is 8.07. The summed E-state index contributed by atoms with van der Waals surface area (Å²) >= 11 is 0. The van der Waals surface area contributed by atoms with Crippen molar-refractivity contribution in [2.75, 3.05) is 6.54 Å². The molecule has 0 aromatic rings. The molecular weight excluding hydrogens is 286 g/mol. The van der Waals surface area contributed by atoms with Gasteiger partial charge in [0, 0.05) is 12.5 Å². The fourth-order valence-electron chi connectivity index (χ4n) is 2.91. The van der Waals surface area contributed by atoms with Gasteiger partial charge in [0.1, 0.15) is 5.60 Å². The summed E-state index contributed by atoms with van der Waals surface area (Å²) in [5, 5.41) is 21.5. The molecule has 3 N–H and O–H groups in total. The van der Waals surface area contributed by atoms with Gasteiger partial charge in [0.2, 0.25) is 0 Å². The van der Waals surface area contributed by atoms with Gasteiger partial charge in [-0.3, -0.25) is 0 Å². The van der Waals surface area contributed by atoms with Crippen LogP contribution in [0.1, 0.15) is 59.3 Å². The Kier molecular flexibility index (Phi) is 7.13. The predicted molar refractivity (Wildman–Crippen MR) is 82.6 cm³/mol. The van der Waals surface area contributed by atoms with Crippen molar-refractivity contribution >= 4 is 12.1 Å². The predicted octanol–water partition coefficient (Wildman–Crippen LogP) is 2.54. The molecule has 6 nitrogen and oxygen atoms in total. The number of amides is 1. The van der Waals surface area contributed by atoms with Crippen molar-refractivity contribution in [2.24, 2.45) is 11.8 Å². The Balaban J connectivity index is 2.54. The second-order valence-corrected chi connectivity index (χ2v) is 7.17. The standard InChI is InChI=1S/C16H29NO5/c1-16(2,3)22-15(21)17-10-12(13(18)14(19)20)9-11-7-5-4-6-8-11/h11-13,18H,4-10H2,1-3H3,(H,17,21)(H,19,20)/t12-,13+/m1/s1. The average Bonchev–Trinajstić information content (AvgIpc) is 2.41. The zero-order chi connectivity index (χ0) is 16.8. The summed E-state index contributed by atoms with van der Waals surface area (Å²) in [4.78, 5) is 22.7. The first kappa shape index (κ1) is 18.7. The van der Waals surface area contributed by atoms with Crippen LogP contribution in [0.4, 0.5) is 4.79 Å². The van der Waals surface area contributed by atoms with Gasteiger partial charge < -0.3 is 20.3 Å². The topological polar surface area (TPSA) is 95.9 Å². The highest BCUT2D eigenvalue weighted by Gasteiger charge is 2.30. The minimum atomic E-state index is -1.46. The number of aliphatic hydroxyl groups excluding tert-OH is 1. The first-order valence-electron chi connectivity index (χ1n) is 8.07. The number of rotatable bonds is 6. The Morgan fingerprint density at radius 1 is 1.23 bits per heavy atom. The smallest absolute Gasteiger partial charge is 0.407 e. The maximum atomic E-state index is 11.7. The molecule has 0 radical (unpaired) electrons. The SMILES string of the molecule is CC(C)(C)OC(=O)NC[C@@H](CC1CCCCC1)[C@H](O)C(=O)O. The Morgan fingerprint density at radius 2 is 1.82 bits per heavy atom. The van der Waals surface area contributed by atoms with Crippen LogP contribution < -0.4 is 5.32 Å². The van der Waals surface area contributed by atoms with Crippen molar-refractivity contribution in [1.29, 1.82) is 0 Å². The molecule has 1 aliphatic carbocycles. The molecule has 0 bridgehead atoms. The zero-order valence-corrected chi connectivity index (χ0v) is 13.8. The van der Waals surface area contributed by atoms with Gasteiger partial charge in [0.15, 0.2) is 6.10 Å². The maximum Gasteiger partial charge on any atom is 0.407 e. The van der Waals surface area contributed by atoms with Crippen LogP contribution in [0.3, 0.4) is 0 Å². The van der Waals surface area contributed by atoms with Crippen molar-refractivity contribution in [3.63, 3.8) is 0 Å². The summed E-state index contributed by atoms with van der Waals surface area (Å²) in [5.41, 5.74) is -0.603. The van der Waals surface area contributed by atoms with Gasteiger partial charge in [-0.05, 0) is 33.1 Å². The van der Waals surface area contributed by atoms with Crippen LogP contribution in [0.5, 0.6) is 0 Å². The molecule has 1 amide bonds. The molecule has 0 saturated heterocycles. The molecule has 1 fully saturated rings. The molecule has 0 heterocycles. The molecule has 0 unspecified atom stereocenters. The van der Waals surface area contributed by atoms with Gasteiger partial charge in [0.25, 0.3) is 0 Å². The summed E-state index contributed by atoms with van der Waals surface area (Å²) in [7, 11) is 0. The number of aliphatic hydroxyl groups is 1. The highest BCUT2D eigenvalue weighted by molar-refractivity contribution is 5.72. The second kappa shape index (κ2) is 8.36. The van der Waals surface area contributed by atoms with E-state index in [1.165, 1.54) is 6.42 Å². The van der Waals surface area contributed by atoms with E-state index in [0.29, 0.717) is 12.3 Å². The quantitative estimate of drug-likeness (QED) is 0.700. The third-order valence-electron chi connectivity index (χ3n) is 3.97. The van der Waals surface area contributed by atoms with Crippen LogP contribution in [0.15, 0.2) is 0 Å². The van der Waals surface area contributed by atoms with E-state index in [1.807, 2.05) is 0 Å². The molecule has 0 spiro atoms. The largest absolute Gasteiger partial charge is 0.479 e. The number of ether oxygens (including phenoxy) is 1. The molecule has 2 atom stereocenters. The highest BCUT2D eigenvalue weighted by Crippen LogP contribution is 2.30. The summed E-state index contributed by atoms with van der Waals surface area (Å²) in [6.07, 6.45) is 4.22.